The normalized spacial score (nSPS) is 19.9. The van der Waals surface area contributed by atoms with E-state index in [0.717, 1.165) is 16.9 Å². The summed E-state index contributed by atoms with van der Waals surface area (Å²) in [7, 11) is 1.60. The van der Waals surface area contributed by atoms with Gasteiger partial charge in [-0.15, -0.1) is 0 Å². The molecule has 1 N–H and O–H groups in total. The number of carbonyl (C=O) groups excluding carboxylic acids is 2. The van der Waals surface area contributed by atoms with E-state index in [1.807, 2.05) is 60.7 Å². The van der Waals surface area contributed by atoms with Gasteiger partial charge in [-0.1, -0.05) is 54.6 Å². The minimum Gasteiger partial charge on any atom is -0.550 e. The first kappa shape index (κ1) is 18.7. The molecule has 2 aromatic rings. The van der Waals surface area contributed by atoms with Gasteiger partial charge in [-0.05, 0) is 36.1 Å². The van der Waals surface area contributed by atoms with Crippen molar-refractivity contribution in [2.75, 3.05) is 7.11 Å². The van der Waals surface area contributed by atoms with E-state index in [4.69, 9.17) is 4.74 Å². The summed E-state index contributed by atoms with van der Waals surface area (Å²) in [4.78, 5) is 24.4. The van der Waals surface area contributed by atoms with Crippen LogP contribution in [0.2, 0.25) is 0 Å². The number of methoxy groups -OCH3 is 1. The Balaban J connectivity index is 1.88. The zero-order valence-electron chi connectivity index (χ0n) is 15.1. The van der Waals surface area contributed by atoms with Crippen LogP contribution in [0.1, 0.15) is 30.0 Å². The standard InChI is InChI=1S/C22H23NO4/c1-27-17-13-11-16(12-14-17)20(15-7-3-2-4-8-15)23-21(24)18-9-5-6-10-19(18)22(25)26/h2-8,11-14,18-20H,9-10H2,1H3,(H,23,24)(H,25,26)/p-1/t18-,19+,20+/m1/s1. The highest BCUT2D eigenvalue weighted by Gasteiger charge is 2.31. The van der Waals surface area contributed by atoms with Crippen LogP contribution >= 0.6 is 0 Å². The monoisotopic (exact) mass is 364 g/mol. The molecule has 0 saturated carbocycles. The van der Waals surface area contributed by atoms with Crippen molar-refractivity contribution >= 4 is 11.9 Å². The van der Waals surface area contributed by atoms with Crippen LogP contribution in [0.5, 0.6) is 5.75 Å². The van der Waals surface area contributed by atoms with Gasteiger partial charge < -0.3 is 20.0 Å². The minimum absolute atomic E-state index is 0.279. The van der Waals surface area contributed by atoms with Crippen molar-refractivity contribution in [3.05, 3.63) is 77.9 Å². The molecule has 2 aromatic carbocycles. The number of hydrogen-bond acceptors (Lipinski definition) is 4. The lowest BCUT2D eigenvalue weighted by Gasteiger charge is -2.30. The van der Waals surface area contributed by atoms with E-state index in [-0.39, 0.29) is 11.9 Å². The van der Waals surface area contributed by atoms with Gasteiger partial charge in [0.15, 0.2) is 0 Å². The Hall–Kier alpha value is -3.08. The van der Waals surface area contributed by atoms with Gasteiger partial charge in [-0.2, -0.15) is 0 Å². The zero-order valence-corrected chi connectivity index (χ0v) is 15.1. The Labute approximate surface area is 158 Å². The third kappa shape index (κ3) is 4.37. The van der Waals surface area contributed by atoms with Gasteiger partial charge >= 0.3 is 0 Å². The largest absolute Gasteiger partial charge is 0.550 e. The molecular weight excluding hydrogens is 342 g/mol. The number of ether oxygens (including phenoxy) is 1. The number of carbonyl (C=O) groups is 2. The van der Waals surface area contributed by atoms with Crippen LogP contribution in [0, 0.1) is 11.8 Å². The van der Waals surface area contributed by atoms with Gasteiger partial charge in [-0.3, -0.25) is 4.79 Å². The molecule has 0 unspecified atom stereocenters. The summed E-state index contributed by atoms with van der Waals surface area (Å²) < 4.78 is 5.20. The SMILES string of the molecule is COc1ccc([C@@H](NC(=O)[C@@H]2CC=CC[C@@H]2C(=O)[O-])c2ccccc2)cc1. The molecule has 27 heavy (non-hydrogen) atoms. The molecule has 0 fully saturated rings. The molecule has 1 aliphatic rings. The lowest BCUT2D eigenvalue weighted by Crippen LogP contribution is -2.44. The maximum Gasteiger partial charge on any atom is 0.224 e. The summed E-state index contributed by atoms with van der Waals surface area (Å²) in [5.74, 6) is -2.17. The molecular formula is C22H22NO4-. The second-order valence-corrected chi connectivity index (χ2v) is 6.60. The summed E-state index contributed by atoms with van der Waals surface area (Å²) in [6.07, 6.45) is 4.37. The van der Waals surface area contributed by atoms with E-state index >= 15 is 0 Å². The minimum atomic E-state index is -1.18. The summed E-state index contributed by atoms with van der Waals surface area (Å²) in [5.41, 5.74) is 1.82. The second-order valence-electron chi connectivity index (χ2n) is 6.60. The highest BCUT2D eigenvalue weighted by atomic mass is 16.5. The first-order valence-electron chi connectivity index (χ1n) is 8.95. The van der Waals surface area contributed by atoms with E-state index < -0.39 is 17.8 Å². The van der Waals surface area contributed by atoms with Crippen molar-refractivity contribution in [1.82, 2.24) is 5.32 Å². The average Bonchev–Trinajstić information content (AvgIpc) is 2.72. The van der Waals surface area contributed by atoms with Crippen LogP contribution in [0.4, 0.5) is 0 Å². The number of hydrogen-bond donors (Lipinski definition) is 1. The van der Waals surface area contributed by atoms with E-state index in [9.17, 15) is 14.7 Å². The fourth-order valence-electron chi connectivity index (χ4n) is 3.41. The Morgan fingerprint density at radius 2 is 1.56 bits per heavy atom. The molecule has 0 saturated heterocycles. The molecule has 0 radical (unpaired) electrons. The van der Waals surface area contributed by atoms with Gasteiger partial charge in [0.05, 0.1) is 13.2 Å². The molecule has 0 spiro atoms. The zero-order chi connectivity index (χ0) is 19.2. The summed E-state index contributed by atoms with van der Waals surface area (Å²) in [6, 6.07) is 16.7. The topological polar surface area (TPSA) is 78.5 Å². The van der Waals surface area contributed by atoms with Crippen molar-refractivity contribution in [3.8, 4) is 5.75 Å². The van der Waals surface area contributed by atoms with Crippen LogP contribution in [-0.2, 0) is 9.59 Å². The van der Waals surface area contributed by atoms with Gasteiger partial charge in [0.1, 0.15) is 5.75 Å². The number of rotatable bonds is 6. The van der Waals surface area contributed by atoms with Crippen LogP contribution < -0.4 is 15.2 Å². The maximum atomic E-state index is 12.9. The third-order valence-corrected chi connectivity index (χ3v) is 4.94. The molecule has 0 aliphatic heterocycles. The molecule has 1 aliphatic carbocycles. The van der Waals surface area contributed by atoms with Crippen molar-refractivity contribution in [1.29, 1.82) is 0 Å². The Morgan fingerprint density at radius 3 is 2.15 bits per heavy atom. The predicted molar refractivity (Wildman–Crippen MR) is 99.8 cm³/mol. The molecule has 0 heterocycles. The van der Waals surface area contributed by atoms with Crippen molar-refractivity contribution in [2.45, 2.75) is 18.9 Å². The van der Waals surface area contributed by atoms with E-state index in [2.05, 4.69) is 5.32 Å². The molecule has 3 atom stereocenters. The Morgan fingerprint density at radius 1 is 0.963 bits per heavy atom. The number of aliphatic carboxylic acids is 1. The van der Waals surface area contributed by atoms with Crippen molar-refractivity contribution in [3.63, 3.8) is 0 Å². The highest BCUT2D eigenvalue weighted by Crippen LogP contribution is 2.29. The number of benzene rings is 2. The number of carboxylic acids is 1. The lowest BCUT2D eigenvalue weighted by molar-refractivity contribution is -0.313. The Kier molecular flexibility index (Phi) is 5.91. The number of amides is 1. The van der Waals surface area contributed by atoms with Gasteiger partial charge in [0, 0.05) is 17.8 Å². The maximum absolute atomic E-state index is 12.9. The number of nitrogens with one attached hydrogen (secondary N) is 1. The molecule has 5 nitrogen and oxygen atoms in total. The first-order valence-corrected chi connectivity index (χ1v) is 8.95. The molecule has 5 heteroatoms. The highest BCUT2D eigenvalue weighted by molar-refractivity contribution is 5.85. The first-order chi connectivity index (χ1) is 13.1. The fraction of sp³-hybridized carbons (Fsp3) is 0.273. The number of carboxylic acid groups (broad SMARTS) is 1. The smallest absolute Gasteiger partial charge is 0.224 e. The quantitative estimate of drug-likeness (QED) is 0.798. The van der Waals surface area contributed by atoms with Gasteiger partial charge in [0.2, 0.25) is 5.91 Å². The van der Waals surface area contributed by atoms with E-state index in [1.54, 1.807) is 13.2 Å². The van der Waals surface area contributed by atoms with E-state index in [1.165, 1.54) is 0 Å². The molecule has 1 amide bonds. The average molecular weight is 364 g/mol. The number of allylic oxidation sites excluding steroid dienone is 2. The summed E-state index contributed by atoms with van der Waals surface area (Å²) in [5, 5.41) is 14.5. The van der Waals surface area contributed by atoms with Crippen LogP contribution in [-0.4, -0.2) is 19.0 Å². The molecule has 140 valence electrons. The van der Waals surface area contributed by atoms with Crippen LogP contribution in [0.15, 0.2) is 66.7 Å². The van der Waals surface area contributed by atoms with E-state index in [0.29, 0.717) is 12.8 Å². The second kappa shape index (κ2) is 8.54. The fourth-order valence-corrected chi connectivity index (χ4v) is 3.41. The molecule has 0 aromatic heterocycles. The Bertz CT molecular complexity index is 814. The predicted octanol–water partition coefficient (Wildman–Crippen LogP) is 2.23. The van der Waals surface area contributed by atoms with Crippen molar-refractivity contribution < 1.29 is 19.4 Å². The van der Waals surface area contributed by atoms with Crippen LogP contribution in [0.25, 0.3) is 0 Å². The van der Waals surface area contributed by atoms with Gasteiger partial charge in [0.25, 0.3) is 0 Å². The third-order valence-electron chi connectivity index (χ3n) is 4.94. The van der Waals surface area contributed by atoms with Crippen molar-refractivity contribution in [2.24, 2.45) is 11.8 Å². The molecule has 0 bridgehead atoms. The lowest BCUT2D eigenvalue weighted by atomic mass is 9.82. The van der Waals surface area contributed by atoms with Gasteiger partial charge in [-0.25, -0.2) is 0 Å². The summed E-state index contributed by atoms with van der Waals surface area (Å²) >= 11 is 0. The van der Waals surface area contributed by atoms with Crippen LogP contribution in [0.3, 0.4) is 0 Å². The molecule has 3 rings (SSSR count). The summed E-state index contributed by atoms with van der Waals surface area (Å²) in [6.45, 7) is 0.